The zero-order valence-corrected chi connectivity index (χ0v) is 31.9. The average Bonchev–Trinajstić information content (AvgIpc) is 3.52. The van der Waals surface area contributed by atoms with Gasteiger partial charge in [0.25, 0.3) is 11.8 Å². The fraction of sp³-hybridized carbons (Fsp3) is 0.718. The Kier molecular flexibility index (Phi) is 12.0. The lowest BCUT2D eigenvalue weighted by molar-refractivity contribution is -0.149. The van der Waals surface area contributed by atoms with Crippen molar-refractivity contribution in [3.63, 3.8) is 0 Å². The van der Waals surface area contributed by atoms with Crippen LogP contribution in [-0.4, -0.2) is 87.2 Å². The summed E-state index contributed by atoms with van der Waals surface area (Å²) in [5.41, 5.74) is 1.01. The SMILES string of the molecule is CCC[C@H](NC(=O)[C@@H]1C2CC[C@H](C2)N1C(=O)[C@@H](NC(=O)C(NC(=O)c1[nH]c(C)c(C)c1C(C)=O)C1CCCCC1)C(C)(C)C)C(=O)C(=O)NC1CC1. The van der Waals surface area contributed by atoms with E-state index in [1.54, 1.807) is 18.7 Å². The Morgan fingerprint density at radius 1 is 0.885 bits per heavy atom. The number of Topliss-reactive ketones (excluding diaryl/α,β-unsaturated/α-hetero) is 2. The number of aryl methyl sites for hydroxylation is 1. The molecule has 2 unspecified atom stereocenters. The van der Waals surface area contributed by atoms with Gasteiger partial charge in [-0.05, 0) is 95.0 Å². The second-order valence-corrected chi connectivity index (χ2v) is 16.7. The zero-order valence-electron chi connectivity index (χ0n) is 31.9. The molecule has 286 valence electrons. The van der Waals surface area contributed by atoms with E-state index >= 15 is 0 Å². The predicted molar refractivity (Wildman–Crippen MR) is 194 cm³/mol. The molecule has 5 amide bonds. The smallest absolute Gasteiger partial charge is 0.289 e. The molecule has 0 radical (unpaired) electrons. The van der Waals surface area contributed by atoms with E-state index in [0.29, 0.717) is 36.1 Å². The molecule has 0 aromatic carbocycles. The van der Waals surface area contributed by atoms with E-state index < -0.39 is 59.0 Å². The Balaban J connectivity index is 1.37. The summed E-state index contributed by atoms with van der Waals surface area (Å²) in [7, 11) is 0. The fourth-order valence-corrected chi connectivity index (χ4v) is 8.54. The number of aromatic nitrogens is 1. The largest absolute Gasteiger partial charge is 0.354 e. The minimum atomic E-state index is -1.03. The molecule has 13 heteroatoms. The summed E-state index contributed by atoms with van der Waals surface area (Å²) in [5, 5.41) is 11.5. The van der Waals surface area contributed by atoms with Gasteiger partial charge in [-0.15, -0.1) is 0 Å². The molecule has 5 N–H and O–H groups in total. The topological polar surface area (TPSA) is 187 Å². The number of piperidine rings is 1. The Bertz CT molecular complexity index is 1580. The number of hydrogen-bond acceptors (Lipinski definition) is 7. The van der Waals surface area contributed by atoms with Crippen molar-refractivity contribution in [3.8, 4) is 0 Å². The second kappa shape index (κ2) is 15.9. The zero-order chi connectivity index (χ0) is 38.1. The highest BCUT2D eigenvalue weighted by Crippen LogP contribution is 2.44. The summed E-state index contributed by atoms with van der Waals surface area (Å²) in [4.78, 5) is 99.7. The van der Waals surface area contributed by atoms with Crippen LogP contribution >= 0.6 is 0 Å². The highest BCUT2D eigenvalue weighted by Gasteiger charge is 2.54. The van der Waals surface area contributed by atoms with Gasteiger partial charge >= 0.3 is 0 Å². The number of carbonyl (C=O) groups excluding carboxylic acids is 7. The highest BCUT2D eigenvalue weighted by atomic mass is 16.2. The number of fused-ring (bicyclic) bond motifs is 2. The van der Waals surface area contributed by atoms with Crippen molar-refractivity contribution in [2.45, 2.75) is 162 Å². The van der Waals surface area contributed by atoms with Crippen LogP contribution in [0.1, 0.15) is 144 Å². The lowest BCUT2D eigenvalue weighted by atomic mass is 9.81. The van der Waals surface area contributed by atoms with Gasteiger partial charge in [-0.1, -0.05) is 53.4 Å². The van der Waals surface area contributed by atoms with Crippen LogP contribution < -0.4 is 21.3 Å². The molecule has 3 saturated carbocycles. The molecular formula is C39H58N6O7. The average molecular weight is 723 g/mol. The number of amides is 5. The lowest BCUT2D eigenvalue weighted by Gasteiger charge is -2.41. The van der Waals surface area contributed by atoms with Crippen LogP contribution in [0, 0.1) is 31.1 Å². The first-order chi connectivity index (χ1) is 24.5. The minimum absolute atomic E-state index is 0.00330. The monoisotopic (exact) mass is 722 g/mol. The van der Waals surface area contributed by atoms with E-state index in [4.69, 9.17) is 0 Å². The minimum Gasteiger partial charge on any atom is -0.354 e. The Labute approximate surface area is 306 Å². The molecule has 1 aromatic heterocycles. The quantitative estimate of drug-likeness (QED) is 0.144. The summed E-state index contributed by atoms with van der Waals surface area (Å²) in [6.07, 6.45) is 8.93. The first-order valence-electron chi connectivity index (χ1n) is 19.3. The molecular weight excluding hydrogens is 664 g/mol. The maximum atomic E-state index is 14.7. The van der Waals surface area contributed by atoms with Crippen LogP contribution in [-0.2, 0) is 24.0 Å². The number of hydrogen-bond donors (Lipinski definition) is 5. The van der Waals surface area contributed by atoms with E-state index in [1.807, 2.05) is 27.7 Å². The summed E-state index contributed by atoms with van der Waals surface area (Å²) in [5.74, 6) is -3.81. The van der Waals surface area contributed by atoms with Crippen LogP contribution in [0.4, 0.5) is 0 Å². The van der Waals surface area contributed by atoms with Crippen LogP contribution in [0.3, 0.4) is 0 Å². The van der Waals surface area contributed by atoms with Gasteiger partial charge in [0, 0.05) is 17.8 Å². The normalized spacial score (nSPS) is 23.4. The molecule has 4 aliphatic rings. The van der Waals surface area contributed by atoms with Gasteiger partial charge in [-0.2, -0.15) is 0 Å². The van der Waals surface area contributed by atoms with Crippen molar-refractivity contribution in [1.29, 1.82) is 0 Å². The van der Waals surface area contributed by atoms with Gasteiger partial charge in [-0.25, -0.2) is 0 Å². The van der Waals surface area contributed by atoms with Gasteiger partial charge in [0.2, 0.25) is 23.5 Å². The number of carbonyl (C=O) groups is 7. The van der Waals surface area contributed by atoms with Crippen molar-refractivity contribution in [2.75, 3.05) is 0 Å². The van der Waals surface area contributed by atoms with Crippen molar-refractivity contribution >= 4 is 41.1 Å². The number of aromatic amines is 1. The van der Waals surface area contributed by atoms with Gasteiger partial charge in [-0.3, -0.25) is 33.6 Å². The third kappa shape index (κ3) is 8.44. The number of nitrogens with zero attached hydrogens (tertiary/aromatic N) is 1. The van der Waals surface area contributed by atoms with E-state index in [1.165, 1.54) is 6.92 Å². The number of H-pyrrole nitrogens is 1. The van der Waals surface area contributed by atoms with Crippen LogP contribution in [0.15, 0.2) is 0 Å². The van der Waals surface area contributed by atoms with Crippen molar-refractivity contribution < 1.29 is 33.6 Å². The molecule has 5 rings (SSSR count). The Hall–Kier alpha value is -4.03. The van der Waals surface area contributed by atoms with Crippen LogP contribution in [0.5, 0.6) is 0 Å². The number of ketones is 2. The maximum Gasteiger partial charge on any atom is 0.289 e. The molecule has 52 heavy (non-hydrogen) atoms. The number of rotatable bonds is 14. The lowest BCUT2D eigenvalue weighted by Crippen LogP contribution is -2.64. The number of nitrogens with one attached hydrogen (secondary N) is 5. The predicted octanol–water partition coefficient (Wildman–Crippen LogP) is 3.56. The standard InChI is InChI=1S/C39H58N6O7/c1-8-12-27(32(47)37(51)41-25-16-17-25)42-36(50)31-24-15-18-26(19-24)45(31)38(52)33(39(5,6)7)44-34(48)29(23-13-10-9-11-14-23)43-35(49)30-28(22(4)46)20(2)21(3)40-30/h23-27,29,31,33,40H,8-19H2,1-7H3,(H,41,51)(H,42,50)(H,43,49)(H,44,48)/t24?,26-,27+,29?,31+,33-/m1/s1. The summed E-state index contributed by atoms with van der Waals surface area (Å²) in [6.45, 7) is 12.4. The van der Waals surface area contributed by atoms with Crippen LogP contribution in [0.25, 0.3) is 0 Å². The molecule has 13 nitrogen and oxygen atoms in total. The summed E-state index contributed by atoms with van der Waals surface area (Å²) < 4.78 is 0. The highest BCUT2D eigenvalue weighted by molar-refractivity contribution is 6.38. The van der Waals surface area contributed by atoms with Gasteiger partial charge < -0.3 is 31.2 Å². The third-order valence-corrected chi connectivity index (χ3v) is 11.6. The van der Waals surface area contributed by atoms with Gasteiger partial charge in [0.1, 0.15) is 23.8 Å². The first-order valence-corrected chi connectivity index (χ1v) is 19.3. The second-order valence-electron chi connectivity index (χ2n) is 16.7. The Morgan fingerprint density at radius 2 is 1.56 bits per heavy atom. The molecule has 1 aliphatic heterocycles. The maximum absolute atomic E-state index is 14.7. The van der Waals surface area contributed by atoms with Crippen molar-refractivity contribution in [2.24, 2.45) is 17.3 Å². The van der Waals surface area contributed by atoms with E-state index in [0.717, 1.165) is 57.8 Å². The summed E-state index contributed by atoms with van der Waals surface area (Å²) >= 11 is 0. The van der Waals surface area contributed by atoms with Gasteiger partial charge in [0.05, 0.1) is 11.6 Å². The molecule has 2 bridgehead atoms. The number of likely N-dealkylation sites (tertiary alicyclic amines) is 1. The molecule has 1 aromatic rings. The van der Waals surface area contributed by atoms with E-state index in [-0.39, 0.29) is 41.3 Å². The molecule has 6 atom stereocenters. The molecule has 2 heterocycles. The molecule has 4 fully saturated rings. The molecule has 3 aliphatic carbocycles. The van der Waals surface area contributed by atoms with E-state index in [2.05, 4.69) is 26.3 Å². The Morgan fingerprint density at radius 3 is 2.15 bits per heavy atom. The summed E-state index contributed by atoms with van der Waals surface area (Å²) in [6, 6.07) is -4.02. The van der Waals surface area contributed by atoms with Crippen molar-refractivity contribution in [1.82, 2.24) is 31.2 Å². The van der Waals surface area contributed by atoms with Crippen LogP contribution in [0.2, 0.25) is 0 Å². The fourth-order valence-electron chi connectivity index (χ4n) is 8.54. The first kappa shape index (κ1) is 39.2. The molecule has 1 saturated heterocycles. The van der Waals surface area contributed by atoms with E-state index in [9.17, 15) is 33.6 Å². The third-order valence-electron chi connectivity index (χ3n) is 11.6. The molecule has 0 spiro atoms. The van der Waals surface area contributed by atoms with Crippen molar-refractivity contribution in [3.05, 3.63) is 22.5 Å². The van der Waals surface area contributed by atoms with Gasteiger partial charge in [0.15, 0.2) is 5.78 Å².